The van der Waals surface area contributed by atoms with Crippen LogP contribution in [-0.2, 0) is 0 Å². The van der Waals surface area contributed by atoms with Crippen molar-refractivity contribution >= 4 is 11.6 Å². The Labute approximate surface area is 151 Å². The summed E-state index contributed by atoms with van der Waals surface area (Å²) < 4.78 is 12.3. The summed E-state index contributed by atoms with van der Waals surface area (Å²) >= 11 is 0. The number of para-hydroxylation sites is 2. The molecule has 3 aromatic rings. The zero-order valence-corrected chi connectivity index (χ0v) is 14.9. The van der Waals surface area contributed by atoms with Gasteiger partial charge in [-0.05, 0) is 50.2 Å². The largest absolute Gasteiger partial charge is 0.495 e. The molecule has 7 nitrogen and oxygen atoms in total. The highest BCUT2D eigenvalue weighted by atomic mass is 16.5. The predicted octanol–water partition coefficient (Wildman–Crippen LogP) is 3.24. The monoisotopic (exact) mass is 352 g/mol. The molecule has 7 heteroatoms. The first-order chi connectivity index (χ1) is 12.6. The van der Waals surface area contributed by atoms with Crippen LogP contribution in [0.25, 0.3) is 5.69 Å². The summed E-state index contributed by atoms with van der Waals surface area (Å²) in [7, 11) is 1.55. The molecule has 0 bridgehead atoms. The van der Waals surface area contributed by atoms with Gasteiger partial charge in [0.15, 0.2) is 5.69 Å². The van der Waals surface area contributed by atoms with Gasteiger partial charge in [-0.15, -0.1) is 5.10 Å². The minimum absolute atomic E-state index is 0.254. The first kappa shape index (κ1) is 17.5. The number of benzene rings is 2. The molecular weight excluding hydrogens is 332 g/mol. The van der Waals surface area contributed by atoms with Gasteiger partial charge in [0, 0.05) is 0 Å². The highest BCUT2D eigenvalue weighted by Gasteiger charge is 2.18. The lowest BCUT2D eigenvalue weighted by molar-refractivity contribution is 0.102. The summed E-state index contributed by atoms with van der Waals surface area (Å²) in [5.41, 5.74) is 2.27. The number of nitrogens with zero attached hydrogens (tertiary/aromatic N) is 3. The maximum Gasteiger partial charge on any atom is 0.278 e. The van der Waals surface area contributed by atoms with E-state index in [1.807, 2.05) is 43.3 Å². The molecule has 0 aliphatic rings. The number of anilines is 1. The molecule has 0 aliphatic carbocycles. The summed E-state index contributed by atoms with van der Waals surface area (Å²) in [6.07, 6.45) is 0. The molecule has 3 rings (SSSR count). The Hall–Kier alpha value is -3.35. The maximum atomic E-state index is 12.6. The van der Waals surface area contributed by atoms with Gasteiger partial charge in [-0.2, -0.15) is 0 Å². The quantitative estimate of drug-likeness (QED) is 0.737. The summed E-state index contributed by atoms with van der Waals surface area (Å²) in [6, 6.07) is 14.7. The molecule has 0 saturated heterocycles. The number of ether oxygens (including phenoxy) is 2. The predicted molar refractivity (Wildman–Crippen MR) is 98.2 cm³/mol. The van der Waals surface area contributed by atoms with Gasteiger partial charge in [0.05, 0.1) is 30.8 Å². The Morgan fingerprint density at radius 1 is 1.15 bits per heavy atom. The highest BCUT2D eigenvalue weighted by Crippen LogP contribution is 2.24. The topological polar surface area (TPSA) is 78.3 Å². The van der Waals surface area contributed by atoms with Gasteiger partial charge in [0.1, 0.15) is 11.5 Å². The van der Waals surface area contributed by atoms with E-state index in [0.29, 0.717) is 23.7 Å². The van der Waals surface area contributed by atoms with Crippen molar-refractivity contribution in [1.29, 1.82) is 0 Å². The lowest BCUT2D eigenvalue weighted by Gasteiger charge is -2.09. The second-order valence-corrected chi connectivity index (χ2v) is 5.52. The molecule has 2 aromatic carbocycles. The molecule has 26 heavy (non-hydrogen) atoms. The zero-order chi connectivity index (χ0) is 18.5. The third-order valence-electron chi connectivity index (χ3n) is 3.86. The number of nitrogens with one attached hydrogen (secondary N) is 1. The van der Waals surface area contributed by atoms with Crippen molar-refractivity contribution < 1.29 is 14.3 Å². The van der Waals surface area contributed by atoms with Crippen molar-refractivity contribution in [2.24, 2.45) is 0 Å². The zero-order valence-electron chi connectivity index (χ0n) is 14.9. The van der Waals surface area contributed by atoms with Gasteiger partial charge < -0.3 is 14.8 Å². The third kappa shape index (κ3) is 3.51. The Kier molecular flexibility index (Phi) is 5.17. The number of rotatable bonds is 6. The normalized spacial score (nSPS) is 10.4. The Morgan fingerprint density at radius 3 is 2.58 bits per heavy atom. The Bertz CT molecular complexity index is 903. The standard InChI is InChI=1S/C19H20N4O3/c1-4-26-15-11-9-14(10-12-15)23-13(2)18(21-22-23)19(24)20-16-7-5-6-8-17(16)25-3/h5-12H,4H2,1-3H3,(H,20,24). The van der Waals surface area contributed by atoms with E-state index in [0.717, 1.165) is 11.4 Å². The fourth-order valence-corrected chi connectivity index (χ4v) is 2.56. The van der Waals surface area contributed by atoms with Crippen LogP contribution in [0.15, 0.2) is 48.5 Å². The lowest BCUT2D eigenvalue weighted by Crippen LogP contribution is -2.14. The van der Waals surface area contributed by atoms with E-state index in [1.54, 1.807) is 30.8 Å². The number of carbonyl (C=O) groups is 1. The second kappa shape index (κ2) is 7.69. The van der Waals surface area contributed by atoms with Crippen LogP contribution in [0.4, 0.5) is 5.69 Å². The van der Waals surface area contributed by atoms with E-state index in [-0.39, 0.29) is 11.6 Å². The maximum absolute atomic E-state index is 12.6. The van der Waals surface area contributed by atoms with E-state index >= 15 is 0 Å². The Balaban J connectivity index is 1.83. The van der Waals surface area contributed by atoms with Crippen LogP contribution in [0, 0.1) is 6.92 Å². The van der Waals surface area contributed by atoms with Gasteiger partial charge in [-0.3, -0.25) is 4.79 Å². The molecule has 1 aromatic heterocycles. The SMILES string of the molecule is CCOc1ccc(-n2nnc(C(=O)Nc3ccccc3OC)c2C)cc1. The van der Waals surface area contributed by atoms with E-state index in [2.05, 4.69) is 15.6 Å². The van der Waals surface area contributed by atoms with Crippen LogP contribution in [-0.4, -0.2) is 34.6 Å². The molecular formula is C19H20N4O3. The van der Waals surface area contributed by atoms with Gasteiger partial charge in [0.2, 0.25) is 0 Å². The number of carbonyl (C=O) groups excluding carboxylic acids is 1. The van der Waals surface area contributed by atoms with Crippen molar-refractivity contribution in [1.82, 2.24) is 15.0 Å². The van der Waals surface area contributed by atoms with Crippen molar-refractivity contribution in [2.75, 3.05) is 19.0 Å². The minimum atomic E-state index is -0.343. The van der Waals surface area contributed by atoms with Crippen molar-refractivity contribution in [3.05, 3.63) is 59.9 Å². The number of amides is 1. The molecule has 0 fully saturated rings. The first-order valence-corrected chi connectivity index (χ1v) is 8.24. The molecule has 1 N–H and O–H groups in total. The molecule has 1 heterocycles. The van der Waals surface area contributed by atoms with Crippen molar-refractivity contribution in [3.63, 3.8) is 0 Å². The van der Waals surface area contributed by atoms with Gasteiger partial charge in [-0.1, -0.05) is 17.3 Å². The van der Waals surface area contributed by atoms with Crippen LogP contribution in [0.1, 0.15) is 23.1 Å². The van der Waals surface area contributed by atoms with E-state index < -0.39 is 0 Å². The van der Waals surface area contributed by atoms with Crippen molar-refractivity contribution in [3.8, 4) is 17.2 Å². The highest BCUT2D eigenvalue weighted by molar-refractivity contribution is 6.04. The molecule has 0 atom stereocenters. The molecule has 0 spiro atoms. The second-order valence-electron chi connectivity index (χ2n) is 5.52. The molecule has 0 unspecified atom stereocenters. The minimum Gasteiger partial charge on any atom is -0.495 e. The molecule has 134 valence electrons. The third-order valence-corrected chi connectivity index (χ3v) is 3.86. The smallest absolute Gasteiger partial charge is 0.278 e. The molecule has 0 saturated carbocycles. The number of hydrogen-bond donors (Lipinski definition) is 1. The van der Waals surface area contributed by atoms with E-state index in [1.165, 1.54) is 0 Å². The van der Waals surface area contributed by atoms with E-state index in [4.69, 9.17) is 9.47 Å². The fourth-order valence-electron chi connectivity index (χ4n) is 2.56. The van der Waals surface area contributed by atoms with E-state index in [9.17, 15) is 4.79 Å². The Morgan fingerprint density at radius 2 is 1.88 bits per heavy atom. The number of hydrogen-bond acceptors (Lipinski definition) is 5. The van der Waals surface area contributed by atoms with Crippen LogP contribution < -0.4 is 14.8 Å². The van der Waals surface area contributed by atoms with Crippen LogP contribution in [0.2, 0.25) is 0 Å². The molecule has 0 radical (unpaired) electrons. The van der Waals surface area contributed by atoms with Gasteiger partial charge >= 0.3 is 0 Å². The number of aromatic nitrogens is 3. The summed E-state index contributed by atoms with van der Waals surface area (Å²) in [5, 5.41) is 10.9. The van der Waals surface area contributed by atoms with Gasteiger partial charge in [-0.25, -0.2) is 4.68 Å². The summed E-state index contributed by atoms with van der Waals surface area (Å²) in [5.74, 6) is 1.02. The van der Waals surface area contributed by atoms with Crippen molar-refractivity contribution in [2.45, 2.75) is 13.8 Å². The number of methoxy groups -OCH3 is 1. The average molecular weight is 352 g/mol. The average Bonchev–Trinajstić information content (AvgIpc) is 3.04. The van der Waals surface area contributed by atoms with Gasteiger partial charge in [0.25, 0.3) is 5.91 Å². The molecule has 1 amide bonds. The van der Waals surface area contributed by atoms with Crippen LogP contribution in [0.5, 0.6) is 11.5 Å². The lowest BCUT2D eigenvalue weighted by atomic mass is 10.2. The first-order valence-electron chi connectivity index (χ1n) is 8.24. The summed E-state index contributed by atoms with van der Waals surface area (Å²) in [6.45, 7) is 4.34. The van der Waals surface area contributed by atoms with Crippen LogP contribution in [0.3, 0.4) is 0 Å². The fraction of sp³-hybridized carbons (Fsp3) is 0.211. The van der Waals surface area contributed by atoms with Crippen LogP contribution >= 0.6 is 0 Å². The summed E-state index contributed by atoms with van der Waals surface area (Å²) in [4.78, 5) is 12.6. The molecule has 0 aliphatic heterocycles.